The zero-order valence-corrected chi connectivity index (χ0v) is 18.0. The SMILES string of the molecule is COc1ccccc1CC(=O)N=C1S[C@@H]2CS(=O)(=O)C[C@H]2N1c1ccc(Cl)cc1. The number of aliphatic imine (C=N–C) groups is 1. The van der Waals surface area contributed by atoms with Crippen LogP contribution in [0.3, 0.4) is 0 Å². The van der Waals surface area contributed by atoms with E-state index in [1.165, 1.54) is 11.8 Å². The number of hydrogen-bond acceptors (Lipinski definition) is 5. The number of sulfone groups is 1. The van der Waals surface area contributed by atoms with E-state index in [0.717, 1.165) is 11.3 Å². The monoisotopic (exact) mass is 450 g/mol. The maximum atomic E-state index is 12.7. The van der Waals surface area contributed by atoms with Crippen LogP contribution in [0.15, 0.2) is 53.5 Å². The minimum Gasteiger partial charge on any atom is -0.496 e. The molecule has 0 saturated carbocycles. The molecule has 2 aromatic rings. The first-order chi connectivity index (χ1) is 13.9. The molecule has 6 nitrogen and oxygen atoms in total. The summed E-state index contributed by atoms with van der Waals surface area (Å²) < 4.78 is 29.6. The fourth-order valence-corrected chi connectivity index (χ4v) is 7.68. The lowest BCUT2D eigenvalue weighted by Crippen LogP contribution is -2.37. The second-order valence-corrected chi connectivity index (χ2v) is 10.7. The zero-order valence-electron chi connectivity index (χ0n) is 15.6. The Morgan fingerprint density at radius 3 is 2.66 bits per heavy atom. The van der Waals surface area contributed by atoms with Gasteiger partial charge >= 0.3 is 0 Å². The molecule has 0 unspecified atom stereocenters. The minimum absolute atomic E-state index is 0.0486. The Hall–Kier alpha value is -2.03. The van der Waals surface area contributed by atoms with E-state index in [1.807, 2.05) is 35.2 Å². The summed E-state index contributed by atoms with van der Waals surface area (Å²) in [6.45, 7) is 0. The van der Waals surface area contributed by atoms with Crippen molar-refractivity contribution in [2.45, 2.75) is 17.7 Å². The first kappa shape index (κ1) is 20.3. The highest BCUT2D eigenvalue weighted by Gasteiger charge is 2.49. The molecule has 2 aliphatic heterocycles. The van der Waals surface area contributed by atoms with E-state index in [-0.39, 0.29) is 35.1 Å². The van der Waals surface area contributed by atoms with Gasteiger partial charge < -0.3 is 9.64 Å². The van der Waals surface area contributed by atoms with Gasteiger partial charge in [-0.25, -0.2) is 8.42 Å². The van der Waals surface area contributed by atoms with Gasteiger partial charge in [-0.15, -0.1) is 0 Å². The number of nitrogens with zero attached hydrogens (tertiary/aromatic N) is 2. The van der Waals surface area contributed by atoms with Gasteiger partial charge in [-0.05, 0) is 30.3 Å². The lowest BCUT2D eigenvalue weighted by atomic mass is 10.1. The van der Waals surface area contributed by atoms with Gasteiger partial charge in [0.2, 0.25) is 0 Å². The molecular formula is C20H19ClN2O4S2. The number of para-hydroxylation sites is 1. The van der Waals surface area contributed by atoms with Crippen molar-refractivity contribution in [3.05, 3.63) is 59.1 Å². The van der Waals surface area contributed by atoms with Crippen LogP contribution in [0.4, 0.5) is 5.69 Å². The number of carbonyl (C=O) groups excluding carboxylic acids is 1. The van der Waals surface area contributed by atoms with E-state index >= 15 is 0 Å². The number of rotatable bonds is 4. The van der Waals surface area contributed by atoms with Crippen LogP contribution < -0.4 is 9.64 Å². The van der Waals surface area contributed by atoms with E-state index in [0.29, 0.717) is 15.9 Å². The molecule has 0 aliphatic carbocycles. The highest BCUT2D eigenvalue weighted by atomic mass is 35.5. The summed E-state index contributed by atoms with van der Waals surface area (Å²) in [4.78, 5) is 18.9. The molecular weight excluding hydrogens is 432 g/mol. The summed E-state index contributed by atoms with van der Waals surface area (Å²) in [6, 6.07) is 14.2. The van der Waals surface area contributed by atoms with E-state index < -0.39 is 9.84 Å². The van der Waals surface area contributed by atoms with Crippen LogP contribution in [0.1, 0.15) is 5.56 Å². The predicted octanol–water partition coefficient (Wildman–Crippen LogP) is 3.19. The highest BCUT2D eigenvalue weighted by Crippen LogP contribution is 2.41. The molecule has 2 saturated heterocycles. The van der Waals surface area contributed by atoms with Crippen molar-refractivity contribution in [2.75, 3.05) is 23.5 Å². The van der Waals surface area contributed by atoms with Crippen LogP contribution in [0.5, 0.6) is 5.75 Å². The number of carbonyl (C=O) groups is 1. The molecule has 0 radical (unpaired) electrons. The largest absolute Gasteiger partial charge is 0.496 e. The quantitative estimate of drug-likeness (QED) is 0.712. The van der Waals surface area contributed by atoms with Crippen LogP contribution >= 0.6 is 23.4 Å². The fourth-order valence-electron chi connectivity index (χ4n) is 3.63. The standard InChI is InChI=1S/C20H19ClN2O4S2/c1-27-17-5-3-2-4-13(17)10-19(24)22-20-23(15-8-6-14(21)7-9-15)16-11-29(25,26)12-18(16)28-20/h2-9,16,18H,10-12H2,1H3/t16-,18-/m1/s1. The van der Waals surface area contributed by atoms with Gasteiger partial charge in [-0.3, -0.25) is 4.79 Å². The number of fused-ring (bicyclic) bond motifs is 1. The van der Waals surface area contributed by atoms with Gasteiger partial charge in [0.15, 0.2) is 15.0 Å². The first-order valence-corrected chi connectivity index (χ1v) is 12.1. The average Bonchev–Trinajstić information content (AvgIpc) is 3.13. The third kappa shape index (κ3) is 4.29. The summed E-state index contributed by atoms with van der Waals surface area (Å²) >= 11 is 7.35. The van der Waals surface area contributed by atoms with Gasteiger partial charge in [0.25, 0.3) is 5.91 Å². The third-order valence-electron chi connectivity index (χ3n) is 4.93. The lowest BCUT2D eigenvalue weighted by Gasteiger charge is -2.24. The Morgan fingerprint density at radius 2 is 1.93 bits per heavy atom. The lowest BCUT2D eigenvalue weighted by molar-refractivity contribution is -0.117. The first-order valence-electron chi connectivity index (χ1n) is 9.01. The van der Waals surface area contributed by atoms with Crippen LogP contribution in [-0.2, 0) is 21.1 Å². The summed E-state index contributed by atoms with van der Waals surface area (Å²) in [7, 11) is -1.55. The molecule has 2 fully saturated rings. The maximum absolute atomic E-state index is 12.7. The molecule has 2 atom stereocenters. The molecule has 4 rings (SSSR count). The van der Waals surface area contributed by atoms with E-state index in [4.69, 9.17) is 16.3 Å². The number of halogens is 1. The number of benzene rings is 2. The zero-order chi connectivity index (χ0) is 20.6. The topological polar surface area (TPSA) is 76.0 Å². The fraction of sp³-hybridized carbons (Fsp3) is 0.300. The number of methoxy groups -OCH3 is 1. The number of anilines is 1. The molecule has 29 heavy (non-hydrogen) atoms. The molecule has 0 N–H and O–H groups in total. The van der Waals surface area contributed by atoms with Crippen molar-refractivity contribution in [1.82, 2.24) is 0 Å². The summed E-state index contributed by atoms with van der Waals surface area (Å²) in [5.74, 6) is 0.468. The van der Waals surface area contributed by atoms with Gasteiger partial charge in [0, 0.05) is 21.5 Å². The maximum Gasteiger partial charge on any atom is 0.252 e. The molecule has 1 amide bonds. The Balaban J connectivity index is 1.64. The highest BCUT2D eigenvalue weighted by molar-refractivity contribution is 8.16. The summed E-state index contributed by atoms with van der Waals surface area (Å²) in [5.41, 5.74) is 1.53. The molecule has 0 bridgehead atoms. The smallest absolute Gasteiger partial charge is 0.252 e. The second-order valence-electron chi connectivity index (χ2n) is 6.92. The second kappa shape index (κ2) is 8.01. The molecule has 152 valence electrons. The van der Waals surface area contributed by atoms with Crippen LogP contribution in [0, 0.1) is 0 Å². The normalized spacial score (nSPS) is 23.9. The van der Waals surface area contributed by atoms with Gasteiger partial charge in [0.05, 0.1) is 31.1 Å². The Kier molecular flexibility index (Phi) is 5.59. The Morgan fingerprint density at radius 1 is 1.21 bits per heavy atom. The Labute approximate surface area is 178 Å². The average molecular weight is 451 g/mol. The number of hydrogen-bond donors (Lipinski definition) is 0. The molecule has 0 aromatic heterocycles. The van der Waals surface area contributed by atoms with E-state index in [9.17, 15) is 13.2 Å². The van der Waals surface area contributed by atoms with Crippen molar-refractivity contribution in [2.24, 2.45) is 4.99 Å². The van der Waals surface area contributed by atoms with Crippen molar-refractivity contribution in [3.63, 3.8) is 0 Å². The van der Waals surface area contributed by atoms with Gasteiger partial charge in [-0.2, -0.15) is 4.99 Å². The third-order valence-corrected chi connectivity index (χ3v) is 8.39. The molecule has 9 heteroatoms. The number of amidine groups is 1. The molecule has 0 spiro atoms. The van der Waals surface area contributed by atoms with Gasteiger partial charge in [0.1, 0.15) is 5.75 Å². The summed E-state index contributed by atoms with van der Waals surface area (Å²) in [5, 5.41) is 0.965. The van der Waals surface area contributed by atoms with E-state index in [2.05, 4.69) is 4.99 Å². The van der Waals surface area contributed by atoms with Gasteiger partial charge in [-0.1, -0.05) is 41.6 Å². The number of thioether (sulfide) groups is 1. The van der Waals surface area contributed by atoms with Crippen LogP contribution in [0.2, 0.25) is 5.02 Å². The number of ether oxygens (including phenoxy) is 1. The van der Waals surface area contributed by atoms with Crippen molar-refractivity contribution < 1.29 is 17.9 Å². The number of amides is 1. The van der Waals surface area contributed by atoms with Crippen LogP contribution in [0.25, 0.3) is 0 Å². The molecule has 2 heterocycles. The van der Waals surface area contributed by atoms with Crippen molar-refractivity contribution in [1.29, 1.82) is 0 Å². The van der Waals surface area contributed by atoms with Crippen LogP contribution in [-0.4, -0.2) is 49.4 Å². The minimum atomic E-state index is -3.11. The van der Waals surface area contributed by atoms with Crippen molar-refractivity contribution >= 4 is 50.0 Å². The summed E-state index contributed by atoms with van der Waals surface area (Å²) in [6.07, 6.45) is 0.107. The molecule has 2 aliphatic rings. The van der Waals surface area contributed by atoms with E-state index in [1.54, 1.807) is 25.3 Å². The molecule has 2 aromatic carbocycles. The predicted molar refractivity (Wildman–Crippen MR) is 117 cm³/mol. The Bertz CT molecular complexity index is 1070. The van der Waals surface area contributed by atoms with Crippen molar-refractivity contribution in [3.8, 4) is 5.75 Å².